The Morgan fingerprint density at radius 2 is 2.21 bits per heavy atom. The van der Waals surface area contributed by atoms with Gasteiger partial charge in [-0.15, -0.1) is 10.2 Å². The summed E-state index contributed by atoms with van der Waals surface area (Å²) in [4.78, 5) is 0. The van der Waals surface area contributed by atoms with Crippen molar-refractivity contribution in [3.05, 3.63) is 34.8 Å². The SMILES string of the molecule is CCNC(CC)c1nnc(-c2cccc(C#N)c2)s1. The van der Waals surface area contributed by atoms with Crippen LogP contribution in [0.15, 0.2) is 24.3 Å². The molecule has 0 saturated carbocycles. The lowest BCUT2D eigenvalue weighted by Gasteiger charge is -2.10. The molecule has 0 aliphatic heterocycles. The maximum absolute atomic E-state index is 8.92. The molecule has 1 atom stereocenters. The highest BCUT2D eigenvalue weighted by atomic mass is 32.1. The first-order chi connectivity index (χ1) is 9.28. The molecule has 2 rings (SSSR count). The molecule has 0 spiro atoms. The molecule has 1 aromatic heterocycles. The minimum absolute atomic E-state index is 0.260. The summed E-state index contributed by atoms with van der Waals surface area (Å²) in [5.41, 5.74) is 1.60. The number of aromatic nitrogens is 2. The predicted molar refractivity (Wildman–Crippen MR) is 76.8 cm³/mol. The third-order valence-electron chi connectivity index (χ3n) is 2.84. The van der Waals surface area contributed by atoms with Gasteiger partial charge in [0.25, 0.3) is 0 Å². The molecule has 98 valence electrons. The summed E-state index contributed by atoms with van der Waals surface area (Å²) in [7, 11) is 0. The monoisotopic (exact) mass is 272 g/mol. The van der Waals surface area contributed by atoms with Gasteiger partial charge in [-0.05, 0) is 25.1 Å². The first-order valence-electron chi connectivity index (χ1n) is 6.35. The van der Waals surface area contributed by atoms with Crippen molar-refractivity contribution in [2.75, 3.05) is 6.54 Å². The lowest BCUT2D eigenvalue weighted by atomic mass is 10.1. The quantitative estimate of drug-likeness (QED) is 0.908. The second kappa shape index (κ2) is 6.41. The number of hydrogen-bond acceptors (Lipinski definition) is 5. The maximum Gasteiger partial charge on any atom is 0.147 e. The fourth-order valence-electron chi connectivity index (χ4n) is 1.87. The molecule has 1 aromatic carbocycles. The van der Waals surface area contributed by atoms with Crippen molar-refractivity contribution < 1.29 is 0 Å². The topological polar surface area (TPSA) is 61.6 Å². The summed E-state index contributed by atoms with van der Waals surface area (Å²) < 4.78 is 0. The molecular weight excluding hydrogens is 256 g/mol. The van der Waals surface area contributed by atoms with Gasteiger partial charge in [-0.3, -0.25) is 0 Å². The van der Waals surface area contributed by atoms with Crippen molar-refractivity contribution >= 4 is 11.3 Å². The van der Waals surface area contributed by atoms with Crippen LogP contribution in [-0.2, 0) is 0 Å². The van der Waals surface area contributed by atoms with Gasteiger partial charge in [0.05, 0.1) is 17.7 Å². The lowest BCUT2D eigenvalue weighted by molar-refractivity contribution is 0.531. The van der Waals surface area contributed by atoms with Crippen LogP contribution in [0.3, 0.4) is 0 Å². The van der Waals surface area contributed by atoms with Crippen LogP contribution >= 0.6 is 11.3 Å². The average Bonchev–Trinajstić information content (AvgIpc) is 2.94. The molecule has 0 aliphatic carbocycles. The minimum atomic E-state index is 0.260. The van der Waals surface area contributed by atoms with Gasteiger partial charge in [0.1, 0.15) is 10.0 Å². The minimum Gasteiger partial charge on any atom is -0.308 e. The Balaban J connectivity index is 2.27. The molecule has 5 heteroatoms. The second-order valence-corrected chi connectivity index (χ2v) is 5.17. The van der Waals surface area contributed by atoms with Crippen molar-refractivity contribution in [3.8, 4) is 16.6 Å². The van der Waals surface area contributed by atoms with E-state index in [1.54, 1.807) is 17.4 Å². The zero-order chi connectivity index (χ0) is 13.7. The van der Waals surface area contributed by atoms with E-state index in [1.165, 1.54) is 0 Å². The van der Waals surface area contributed by atoms with Gasteiger partial charge in [0.15, 0.2) is 0 Å². The normalized spacial score (nSPS) is 12.1. The first-order valence-corrected chi connectivity index (χ1v) is 7.17. The Labute approximate surface area is 117 Å². The van der Waals surface area contributed by atoms with E-state index >= 15 is 0 Å². The van der Waals surface area contributed by atoms with E-state index in [1.807, 2.05) is 18.2 Å². The number of nitrogens with one attached hydrogen (secondary N) is 1. The molecule has 0 radical (unpaired) electrons. The van der Waals surface area contributed by atoms with Gasteiger partial charge in [-0.2, -0.15) is 5.26 Å². The van der Waals surface area contributed by atoms with Crippen LogP contribution in [0.1, 0.15) is 36.9 Å². The molecule has 0 fully saturated rings. The van der Waals surface area contributed by atoms with Crippen molar-refractivity contribution in [1.82, 2.24) is 15.5 Å². The predicted octanol–water partition coefficient (Wildman–Crippen LogP) is 3.14. The van der Waals surface area contributed by atoms with Gasteiger partial charge in [0.2, 0.25) is 0 Å². The summed E-state index contributed by atoms with van der Waals surface area (Å²) >= 11 is 1.58. The van der Waals surface area contributed by atoms with E-state index in [0.717, 1.165) is 28.5 Å². The van der Waals surface area contributed by atoms with Gasteiger partial charge < -0.3 is 5.32 Å². The molecule has 19 heavy (non-hydrogen) atoms. The Morgan fingerprint density at radius 1 is 1.37 bits per heavy atom. The molecular formula is C14H16N4S. The molecule has 4 nitrogen and oxygen atoms in total. The molecule has 0 bridgehead atoms. The van der Waals surface area contributed by atoms with E-state index in [4.69, 9.17) is 5.26 Å². The summed E-state index contributed by atoms with van der Waals surface area (Å²) in [6.45, 7) is 5.13. The number of nitriles is 1. The standard InChI is InChI=1S/C14H16N4S/c1-3-12(16-4-2)14-18-17-13(19-14)11-7-5-6-10(8-11)9-15/h5-8,12,16H,3-4H2,1-2H3. The van der Waals surface area contributed by atoms with Crippen molar-refractivity contribution in [2.45, 2.75) is 26.3 Å². The highest BCUT2D eigenvalue weighted by Gasteiger charge is 2.14. The highest BCUT2D eigenvalue weighted by molar-refractivity contribution is 7.14. The Bertz CT molecular complexity index is 585. The van der Waals surface area contributed by atoms with Crippen LogP contribution in [0, 0.1) is 11.3 Å². The molecule has 1 N–H and O–H groups in total. The zero-order valence-electron chi connectivity index (χ0n) is 11.1. The molecule has 2 aromatic rings. The van der Waals surface area contributed by atoms with Gasteiger partial charge in [-0.25, -0.2) is 0 Å². The van der Waals surface area contributed by atoms with E-state index in [2.05, 4.69) is 35.4 Å². The van der Waals surface area contributed by atoms with Gasteiger partial charge in [0, 0.05) is 5.56 Å². The van der Waals surface area contributed by atoms with E-state index in [-0.39, 0.29) is 6.04 Å². The summed E-state index contributed by atoms with van der Waals surface area (Å²) in [6, 6.07) is 9.87. The van der Waals surface area contributed by atoms with Gasteiger partial charge in [-0.1, -0.05) is 37.3 Å². The van der Waals surface area contributed by atoms with E-state index in [0.29, 0.717) is 5.56 Å². The lowest BCUT2D eigenvalue weighted by Crippen LogP contribution is -2.19. The van der Waals surface area contributed by atoms with Crippen LogP contribution in [-0.4, -0.2) is 16.7 Å². The average molecular weight is 272 g/mol. The van der Waals surface area contributed by atoms with E-state index < -0.39 is 0 Å². The van der Waals surface area contributed by atoms with Crippen LogP contribution in [0.5, 0.6) is 0 Å². The third-order valence-corrected chi connectivity index (χ3v) is 3.92. The molecule has 1 heterocycles. The Hall–Kier alpha value is -1.77. The van der Waals surface area contributed by atoms with Crippen LogP contribution in [0.2, 0.25) is 0 Å². The van der Waals surface area contributed by atoms with Crippen molar-refractivity contribution in [1.29, 1.82) is 5.26 Å². The molecule has 1 unspecified atom stereocenters. The maximum atomic E-state index is 8.92. The molecule has 0 amide bonds. The number of benzene rings is 1. The largest absolute Gasteiger partial charge is 0.308 e. The van der Waals surface area contributed by atoms with Crippen molar-refractivity contribution in [3.63, 3.8) is 0 Å². The Kier molecular flexibility index (Phi) is 4.61. The smallest absolute Gasteiger partial charge is 0.147 e. The molecule has 0 saturated heterocycles. The number of rotatable bonds is 5. The number of hydrogen-bond donors (Lipinski definition) is 1. The summed E-state index contributed by atoms with van der Waals surface area (Å²) in [5, 5.41) is 22.7. The fraction of sp³-hybridized carbons (Fsp3) is 0.357. The Morgan fingerprint density at radius 3 is 2.89 bits per heavy atom. The van der Waals surface area contributed by atoms with Crippen LogP contribution in [0.4, 0.5) is 0 Å². The summed E-state index contributed by atoms with van der Waals surface area (Å²) in [6.07, 6.45) is 0.987. The van der Waals surface area contributed by atoms with E-state index in [9.17, 15) is 0 Å². The summed E-state index contributed by atoms with van der Waals surface area (Å²) in [5.74, 6) is 0. The van der Waals surface area contributed by atoms with Crippen LogP contribution < -0.4 is 5.32 Å². The molecule has 0 aliphatic rings. The van der Waals surface area contributed by atoms with Gasteiger partial charge >= 0.3 is 0 Å². The number of nitrogens with zero attached hydrogens (tertiary/aromatic N) is 3. The highest BCUT2D eigenvalue weighted by Crippen LogP contribution is 2.28. The van der Waals surface area contributed by atoms with Crippen molar-refractivity contribution in [2.24, 2.45) is 0 Å². The van der Waals surface area contributed by atoms with Crippen LogP contribution in [0.25, 0.3) is 10.6 Å². The zero-order valence-corrected chi connectivity index (χ0v) is 11.9. The third kappa shape index (κ3) is 3.16. The fourth-order valence-corrected chi connectivity index (χ4v) is 2.86. The second-order valence-electron chi connectivity index (χ2n) is 4.16. The first kappa shape index (κ1) is 13.7.